The fourth-order valence-corrected chi connectivity index (χ4v) is 6.90. The highest BCUT2D eigenvalue weighted by molar-refractivity contribution is 7.80. The van der Waals surface area contributed by atoms with Gasteiger partial charge in [-0.3, -0.25) is 8.74 Å². The highest BCUT2D eigenvalue weighted by Crippen LogP contribution is 2.26. The Balaban J connectivity index is 0. The molecule has 0 bridgehead atoms. The van der Waals surface area contributed by atoms with Gasteiger partial charge in [-0.05, 0) is 19.3 Å². The van der Waals surface area contributed by atoms with Crippen LogP contribution in [0.15, 0.2) is 0 Å². The average Bonchev–Trinajstić information content (AvgIpc) is 3.03. The molecule has 1 unspecified atom stereocenters. The first kappa shape index (κ1) is 49.9. The maximum absolute atomic E-state index is 10.2. The number of hydrogen-bond acceptors (Lipinski definition) is 5. The van der Waals surface area contributed by atoms with Crippen molar-refractivity contribution in [3.05, 3.63) is 0 Å². The van der Waals surface area contributed by atoms with Gasteiger partial charge in [0, 0.05) is 0 Å². The highest BCUT2D eigenvalue weighted by atomic mass is 32.3. The summed E-state index contributed by atoms with van der Waals surface area (Å²) in [6, 6.07) is 0. The Bertz CT molecular complexity index is 674. The Labute approximate surface area is 301 Å². The summed E-state index contributed by atoms with van der Waals surface area (Å²) in [6.07, 6.45) is 48.8. The second-order valence-corrected chi connectivity index (χ2v) is 16.4. The molecule has 0 aromatic carbocycles. The molecule has 0 aliphatic heterocycles. The van der Waals surface area contributed by atoms with Gasteiger partial charge in [-0.25, -0.2) is 0 Å². The van der Waals surface area contributed by atoms with Gasteiger partial charge in [-0.1, -0.05) is 232 Å². The summed E-state index contributed by atoms with van der Waals surface area (Å²) in [5.41, 5.74) is 5.01. The van der Waals surface area contributed by atoms with Gasteiger partial charge < -0.3 is 10.8 Å². The van der Waals surface area contributed by atoms with Crippen molar-refractivity contribution in [2.45, 2.75) is 251 Å². The van der Waals surface area contributed by atoms with Crippen molar-refractivity contribution in [1.82, 2.24) is 0 Å². The third-order valence-corrected chi connectivity index (χ3v) is 10.3. The summed E-state index contributed by atoms with van der Waals surface area (Å²) >= 11 is 0. The summed E-state index contributed by atoms with van der Waals surface area (Å²) in [6.45, 7) is 6.39. The summed E-state index contributed by atoms with van der Waals surface area (Å²) in [4.78, 5) is 0. The number of aliphatic hydroxyl groups is 1. The lowest BCUT2D eigenvalue weighted by atomic mass is 9.88. The van der Waals surface area contributed by atoms with Crippen molar-refractivity contribution in [3.63, 3.8) is 0 Å². The van der Waals surface area contributed by atoms with Crippen LogP contribution in [-0.2, 0) is 14.6 Å². The minimum atomic E-state index is -4.16. The van der Waals surface area contributed by atoms with Crippen LogP contribution in [0.1, 0.15) is 245 Å². The molecule has 0 radical (unpaired) electrons. The Morgan fingerprint density at radius 2 is 0.688 bits per heavy atom. The van der Waals surface area contributed by atoms with E-state index in [9.17, 15) is 13.5 Å². The minimum Gasteiger partial charge on any atom is -0.376 e. The van der Waals surface area contributed by atoms with Gasteiger partial charge in [0.1, 0.15) is 5.72 Å². The Kier molecular flexibility index (Phi) is 39.5. The van der Waals surface area contributed by atoms with Crippen LogP contribution in [0, 0.1) is 5.92 Å². The second kappa shape index (κ2) is 38.0. The van der Waals surface area contributed by atoms with Gasteiger partial charge in [-0.2, -0.15) is 8.42 Å². The van der Waals surface area contributed by atoms with Crippen LogP contribution in [0.2, 0.25) is 0 Å². The SMILES string of the molecule is CCCCCCCCCCCCCCCCCCC(CCCCCCCCCCCCCCCCCC)CC(C)(N)O.COS(=O)(=O)O. The molecule has 292 valence electrons. The zero-order chi connectivity index (χ0) is 36.0. The van der Waals surface area contributed by atoms with Gasteiger partial charge in [0.15, 0.2) is 0 Å². The Morgan fingerprint density at radius 1 is 0.500 bits per heavy atom. The number of hydrogen-bond donors (Lipinski definition) is 3. The fourth-order valence-electron chi connectivity index (χ4n) is 6.90. The summed E-state index contributed by atoms with van der Waals surface area (Å²) < 4.78 is 29.7. The van der Waals surface area contributed by atoms with Crippen LogP contribution in [0.4, 0.5) is 0 Å². The van der Waals surface area contributed by atoms with E-state index >= 15 is 0 Å². The van der Waals surface area contributed by atoms with Crippen molar-refractivity contribution in [1.29, 1.82) is 0 Å². The van der Waals surface area contributed by atoms with Gasteiger partial charge in [0.25, 0.3) is 0 Å². The van der Waals surface area contributed by atoms with E-state index in [4.69, 9.17) is 10.3 Å². The molecule has 0 rings (SSSR count). The van der Waals surface area contributed by atoms with Crippen molar-refractivity contribution in [3.8, 4) is 0 Å². The Hall–Kier alpha value is -0.210. The molecule has 0 spiro atoms. The summed E-state index contributed by atoms with van der Waals surface area (Å²) in [5, 5.41) is 10.2. The molecule has 0 saturated heterocycles. The monoisotopic (exact) mass is 706 g/mol. The molecule has 0 aliphatic carbocycles. The second-order valence-electron chi connectivity index (χ2n) is 15.2. The van der Waals surface area contributed by atoms with Crippen LogP contribution in [0.25, 0.3) is 0 Å². The molecule has 0 aromatic rings. The molecule has 6 nitrogen and oxygen atoms in total. The van der Waals surface area contributed by atoms with Gasteiger partial charge in [0.05, 0.1) is 7.11 Å². The molecule has 0 aromatic heterocycles. The molecular formula is C41H87NO5S. The first-order valence-electron chi connectivity index (χ1n) is 21.1. The highest BCUT2D eigenvalue weighted by Gasteiger charge is 2.20. The quantitative estimate of drug-likeness (QED) is 0.0337. The Morgan fingerprint density at radius 3 is 0.854 bits per heavy atom. The third-order valence-electron chi connectivity index (χ3n) is 9.84. The maximum atomic E-state index is 10.2. The van der Waals surface area contributed by atoms with E-state index in [1.165, 1.54) is 218 Å². The maximum Gasteiger partial charge on any atom is 0.397 e. The predicted molar refractivity (Wildman–Crippen MR) is 210 cm³/mol. The van der Waals surface area contributed by atoms with Crippen LogP contribution in [-0.4, -0.2) is 30.9 Å². The largest absolute Gasteiger partial charge is 0.397 e. The number of unbranched alkanes of at least 4 members (excludes halogenated alkanes) is 30. The third kappa shape index (κ3) is 47.9. The lowest BCUT2D eigenvalue weighted by molar-refractivity contribution is 0.0364. The van der Waals surface area contributed by atoms with E-state index < -0.39 is 16.1 Å². The van der Waals surface area contributed by atoms with Crippen molar-refractivity contribution in [2.24, 2.45) is 11.7 Å². The van der Waals surface area contributed by atoms with Gasteiger partial charge >= 0.3 is 10.4 Å². The van der Waals surface area contributed by atoms with E-state index in [2.05, 4.69) is 18.0 Å². The first-order valence-corrected chi connectivity index (χ1v) is 22.5. The smallest absolute Gasteiger partial charge is 0.376 e. The van der Waals surface area contributed by atoms with Gasteiger partial charge in [0.2, 0.25) is 0 Å². The average molecular weight is 706 g/mol. The fraction of sp³-hybridized carbons (Fsp3) is 1.00. The molecule has 0 amide bonds. The zero-order valence-corrected chi connectivity index (χ0v) is 33.7. The van der Waals surface area contributed by atoms with Gasteiger partial charge in [-0.15, -0.1) is 0 Å². The van der Waals surface area contributed by atoms with E-state index in [0.717, 1.165) is 13.5 Å². The molecule has 48 heavy (non-hydrogen) atoms. The summed E-state index contributed by atoms with van der Waals surface area (Å²) in [7, 11) is -3.29. The lowest BCUT2D eigenvalue weighted by Crippen LogP contribution is -2.37. The van der Waals surface area contributed by atoms with Crippen LogP contribution in [0.3, 0.4) is 0 Å². The first-order chi connectivity index (χ1) is 23.1. The van der Waals surface area contributed by atoms with E-state index in [-0.39, 0.29) is 0 Å². The molecule has 0 aliphatic rings. The molecule has 4 N–H and O–H groups in total. The number of rotatable bonds is 37. The molecule has 0 saturated carbocycles. The van der Waals surface area contributed by atoms with E-state index in [0.29, 0.717) is 5.92 Å². The normalized spacial score (nSPS) is 13.1. The van der Waals surface area contributed by atoms with Crippen LogP contribution < -0.4 is 5.73 Å². The zero-order valence-electron chi connectivity index (χ0n) is 32.9. The van der Waals surface area contributed by atoms with E-state index in [1.54, 1.807) is 6.92 Å². The summed E-state index contributed by atoms with van der Waals surface area (Å²) in [5.74, 6) is 0.600. The molecule has 0 fully saturated rings. The molecule has 7 heteroatoms. The molecular weight excluding hydrogens is 619 g/mol. The topological polar surface area (TPSA) is 110 Å². The van der Waals surface area contributed by atoms with Crippen LogP contribution in [0.5, 0.6) is 0 Å². The van der Waals surface area contributed by atoms with Crippen LogP contribution >= 0.6 is 0 Å². The lowest BCUT2D eigenvalue weighted by Gasteiger charge is -2.25. The molecule has 0 heterocycles. The van der Waals surface area contributed by atoms with Crippen molar-refractivity contribution < 1.29 is 22.3 Å². The molecule has 1 atom stereocenters. The minimum absolute atomic E-state index is 0.600. The standard InChI is InChI=1S/C40H83NO.CH4O4S/c1-4-6-8-10-12-14-16-18-20-22-24-26-28-30-32-34-36-39(38-40(3,41)42)37-35-33-31-29-27-25-23-21-19-17-15-13-11-9-7-5-2;1-5-6(2,3)4/h39,42H,4-38,41H2,1-3H3;1H3,(H,2,3,4). The van der Waals surface area contributed by atoms with Crippen molar-refractivity contribution in [2.75, 3.05) is 7.11 Å². The van der Waals surface area contributed by atoms with Crippen molar-refractivity contribution >= 4 is 10.4 Å². The van der Waals surface area contributed by atoms with E-state index in [1.807, 2.05) is 0 Å². The number of nitrogens with two attached hydrogens (primary N) is 1. The predicted octanol–water partition coefficient (Wildman–Crippen LogP) is 13.4.